The van der Waals surface area contributed by atoms with Crippen molar-refractivity contribution < 1.29 is 14.6 Å². The van der Waals surface area contributed by atoms with Crippen LogP contribution in [0.3, 0.4) is 0 Å². The van der Waals surface area contributed by atoms with Gasteiger partial charge in [0, 0.05) is 19.6 Å². The smallest absolute Gasteiger partial charge is 0.407 e. The highest BCUT2D eigenvalue weighted by Gasteiger charge is 2.33. The highest BCUT2D eigenvalue weighted by molar-refractivity contribution is 5.80. The topological polar surface area (TPSA) is 86.2 Å². The number of nitrogens with zero attached hydrogens (tertiary/aromatic N) is 2. The molecule has 2 rings (SSSR count). The summed E-state index contributed by atoms with van der Waals surface area (Å²) in [6.07, 6.45) is 2.39. The predicted molar refractivity (Wildman–Crippen MR) is 84.8 cm³/mol. The highest BCUT2D eigenvalue weighted by Crippen LogP contribution is 2.32. The number of carbonyl (C=O) groups excluding carboxylic acids is 1. The van der Waals surface area contributed by atoms with Crippen molar-refractivity contribution in [3.8, 4) is 0 Å². The molecule has 0 aromatic carbocycles. The molecule has 2 aliphatic rings. The summed E-state index contributed by atoms with van der Waals surface area (Å²) in [6, 6.07) is 0.0280. The zero-order valence-corrected chi connectivity index (χ0v) is 13.5. The average molecular weight is 312 g/mol. The van der Waals surface area contributed by atoms with E-state index in [1.807, 2.05) is 6.92 Å². The van der Waals surface area contributed by atoms with Crippen molar-refractivity contribution in [1.82, 2.24) is 15.5 Å². The van der Waals surface area contributed by atoms with Gasteiger partial charge in [-0.2, -0.15) is 0 Å². The third kappa shape index (κ3) is 5.05. The Morgan fingerprint density at radius 1 is 1.41 bits per heavy atom. The van der Waals surface area contributed by atoms with Crippen molar-refractivity contribution in [3.63, 3.8) is 0 Å². The number of ether oxygens (including phenoxy) is 1. The van der Waals surface area contributed by atoms with E-state index < -0.39 is 0 Å². The quantitative estimate of drug-likeness (QED) is 0.492. The summed E-state index contributed by atoms with van der Waals surface area (Å²) < 4.78 is 4.96. The molecule has 126 valence electrons. The van der Waals surface area contributed by atoms with Crippen LogP contribution < -0.4 is 10.6 Å². The number of β-amino-alcohol motifs (C(OH)–C–C–N with tert-alkyl or cyclic N) is 1. The molecule has 1 saturated heterocycles. The molecule has 22 heavy (non-hydrogen) atoms. The predicted octanol–water partition coefficient (Wildman–Crippen LogP) is 0.543. The van der Waals surface area contributed by atoms with Crippen molar-refractivity contribution >= 4 is 12.1 Å². The van der Waals surface area contributed by atoms with E-state index in [2.05, 4.69) is 20.5 Å². The van der Waals surface area contributed by atoms with E-state index in [1.54, 1.807) is 6.92 Å². The van der Waals surface area contributed by atoms with E-state index in [1.165, 1.54) is 0 Å². The molecule has 1 amide bonds. The normalized spacial score (nSPS) is 23.3. The molecule has 3 N–H and O–H groups in total. The maximum Gasteiger partial charge on any atom is 0.407 e. The summed E-state index contributed by atoms with van der Waals surface area (Å²) in [6.45, 7) is 6.95. The van der Waals surface area contributed by atoms with E-state index in [0.29, 0.717) is 25.6 Å². The lowest BCUT2D eigenvalue weighted by Gasteiger charge is -2.22. The fourth-order valence-corrected chi connectivity index (χ4v) is 2.68. The van der Waals surface area contributed by atoms with Crippen molar-refractivity contribution in [2.24, 2.45) is 10.9 Å². The number of carbonyl (C=O) groups is 1. The number of nitrogens with one attached hydrogen (secondary N) is 2. The van der Waals surface area contributed by atoms with E-state index in [-0.39, 0.29) is 18.2 Å². The molecule has 0 radical (unpaired) electrons. The van der Waals surface area contributed by atoms with Crippen LogP contribution in [0.25, 0.3) is 0 Å². The Balaban J connectivity index is 1.92. The van der Waals surface area contributed by atoms with Crippen LogP contribution in [-0.2, 0) is 4.74 Å². The van der Waals surface area contributed by atoms with Crippen molar-refractivity contribution in [2.45, 2.75) is 45.3 Å². The van der Waals surface area contributed by atoms with Crippen LogP contribution >= 0.6 is 0 Å². The second-order valence-corrected chi connectivity index (χ2v) is 5.89. The standard InChI is InChI=1S/C15H28N4O3/c1-3-16-14(19-8-7-12(20)10-19)17-9-13(11-5-6-11)18-15(21)22-4-2/h11-13,20H,3-10H2,1-2H3,(H,16,17)(H,18,21)/t12-,13?/m1/s1. The van der Waals surface area contributed by atoms with Crippen molar-refractivity contribution in [1.29, 1.82) is 0 Å². The van der Waals surface area contributed by atoms with Gasteiger partial charge in [0.15, 0.2) is 5.96 Å². The van der Waals surface area contributed by atoms with E-state index >= 15 is 0 Å². The third-order valence-corrected chi connectivity index (χ3v) is 4.01. The molecule has 1 saturated carbocycles. The van der Waals surface area contributed by atoms with E-state index in [9.17, 15) is 9.90 Å². The molecule has 0 spiro atoms. The van der Waals surface area contributed by atoms with Crippen LogP contribution in [-0.4, -0.2) is 67.0 Å². The summed E-state index contributed by atoms with van der Waals surface area (Å²) in [5.74, 6) is 1.32. The Kier molecular flexibility index (Phi) is 6.30. The van der Waals surface area contributed by atoms with Gasteiger partial charge in [0.2, 0.25) is 0 Å². The Labute approximate surface area is 132 Å². The molecule has 1 aliphatic carbocycles. The van der Waals surface area contributed by atoms with Crippen LogP contribution in [0.4, 0.5) is 4.79 Å². The number of likely N-dealkylation sites (tertiary alicyclic amines) is 1. The molecule has 0 aromatic rings. The molecule has 7 nitrogen and oxygen atoms in total. The maximum absolute atomic E-state index is 11.6. The van der Waals surface area contributed by atoms with Gasteiger partial charge < -0.3 is 25.4 Å². The molecular weight excluding hydrogens is 284 g/mol. The monoisotopic (exact) mass is 312 g/mol. The van der Waals surface area contributed by atoms with Gasteiger partial charge in [0.05, 0.1) is 25.3 Å². The Morgan fingerprint density at radius 3 is 2.73 bits per heavy atom. The van der Waals surface area contributed by atoms with Crippen molar-refractivity contribution in [3.05, 3.63) is 0 Å². The third-order valence-electron chi connectivity index (χ3n) is 4.01. The SMILES string of the molecule is CCNC(=NCC(NC(=O)OCC)C1CC1)N1CC[C@@H](O)C1. The number of rotatable bonds is 6. The summed E-state index contributed by atoms with van der Waals surface area (Å²) >= 11 is 0. The number of aliphatic hydroxyl groups is 1. The Bertz CT molecular complexity index is 398. The summed E-state index contributed by atoms with van der Waals surface area (Å²) in [5.41, 5.74) is 0. The van der Waals surface area contributed by atoms with Gasteiger partial charge in [-0.25, -0.2) is 4.79 Å². The molecular formula is C15H28N4O3. The van der Waals surface area contributed by atoms with Gasteiger partial charge >= 0.3 is 6.09 Å². The molecule has 1 heterocycles. The Morgan fingerprint density at radius 2 is 2.18 bits per heavy atom. The van der Waals surface area contributed by atoms with Crippen LogP contribution in [0.15, 0.2) is 4.99 Å². The lowest BCUT2D eigenvalue weighted by atomic mass is 10.2. The number of hydrogen-bond donors (Lipinski definition) is 3. The number of aliphatic hydroxyl groups excluding tert-OH is 1. The minimum absolute atomic E-state index is 0.0280. The first kappa shape index (κ1) is 16.9. The van der Waals surface area contributed by atoms with Gasteiger partial charge in [0.25, 0.3) is 0 Å². The van der Waals surface area contributed by atoms with Crippen LogP contribution in [0.2, 0.25) is 0 Å². The molecule has 0 aromatic heterocycles. The van der Waals surface area contributed by atoms with E-state index in [4.69, 9.17) is 4.74 Å². The summed E-state index contributed by atoms with van der Waals surface area (Å²) in [5, 5.41) is 15.8. The molecule has 2 atom stereocenters. The largest absolute Gasteiger partial charge is 0.450 e. The van der Waals surface area contributed by atoms with Gasteiger partial charge in [-0.3, -0.25) is 4.99 Å². The zero-order chi connectivity index (χ0) is 15.9. The minimum Gasteiger partial charge on any atom is -0.450 e. The lowest BCUT2D eigenvalue weighted by molar-refractivity contribution is 0.147. The van der Waals surface area contributed by atoms with Gasteiger partial charge in [-0.15, -0.1) is 0 Å². The number of guanidine groups is 1. The first-order valence-corrected chi connectivity index (χ1v) is 8.28. The van der Waals surface area contributed by atoms with E-state index in [0.717, 1.165) is 38.3 Å². The highest BCUT2D eigenvalue weighted by atomic mass is 16.5. The van der Waals surface area contributed by atoms with Crippen molar-refractivity contribution in [2.75, 3.05) is 32.8 Å². The van der Waals surface area contributed by atoms with Gasteiger partial charge in [-0.05, 0) is 39.0 Å². The zero-order valence-electron chi connectivity index (χ0n) is 13.5. The molecule has 7 heteroatoms. The van der Waals surface area contributed by atoms with Gasteiger partial charge in [0.1, 0.15) is 0 Å². The molecule has 1 unspecified atom stereocenters. The molecule has 0 bridgehead atoms. The second kappa shape index (κ2) is 8.22. The minimum atomic E-state index is -0.365. The number of alkyl carbamates (subject to hydrolysis) is 1. The Hall–Kier alpha value is -1.50. The fraction of sp³-hybridized carbons (Fsp3) is 0.867. The number of hydrogen-bond acceptors (Lipinski definition) is 4. The van der Waals surface area contributed by atoms with Crippen LogP contribution in [0.1, 0.15) is 33.1 Å². The first-order valence-electron chi connectivity index (χ1n) is 8.28. The number of aliphatic imine (C=N–C) groups is 1. The fourth-order valence-electron chi connectivity index (χ4n) is 2.68. The van der Waals surface area contributed by atoms with Gasteiger partial charge in [-0.1, -0.05) is 0 Å². The lowest BCUT2D eigenvalue weighted by Crippen LogP contribution is -2.43. The second-order valence-electron chi connectivity index (χ2n) is 5.89. The summed E-state index contributed by atoms with van der Waals surface area (Å²) in [4.78, 5) is 18.3. The maximum atomic E-state index is 11.6. The van der Waals surface area contributed by atoms with Crippen LogP contribution in [0, 0.1) is 5.92 Å². The van der Waals surface area contributed by atoms with Crippen LogP contribution in [0.5, 0.6) is 0 Å². The average Bonchev–Trinajstić information content (AvgIpc) is 3.24. The first-order chi connectivity index (χ1) is 10.6. The molecule has 2 fully saturated rings. The number of amides is 1. The molecule has 1 aliphatic heterocycles. The summed E-state index contributed by atoms with van der Waals surface area (Å²) in [7, 11) is 0.